The number of rotatable bonds is 73. The Hall–Kier alpha value is -4.45. The van der Waals surface area contributed by atoms with E-state index in [2.05, 4.69) is 38.3 Å². The van der Waals surface area contributed by atoms with Gasteiger partial charge in [-0.2, -0.15) is 0 Å². The smallest absolute Gasteiger partial charge is 0.462 e. The van der Waals surface area contributed by atoms with Gasteiger partial charge in [0.1, 0.15) is 80.0 Å². The van der Waals surface area contributed by atoms with Crippen LogP contribution in [-0.4, -0.2) is 164 Å². The van der Waals surface area contributed by atoms with Gasteiger partial charge in [0.05, 0.1) is 26.1 Å². The Morgan fingerprint density at radius 3 is 1.22 bits per heavy atom. The number of carbonyl (C=O) groups is 7. The monoisotopic (exact) mass is 2110 g/mol. The summed E-state index contributed by atoms with van der Waals surface area (Å²) in [6, 6.07) is 20.2. The number of ether oxygens (including phenoxy) is 12. The van der Waals surface area contributed by atoms with E-state index < -0.39 is 180 Å². The fraction of sp³-hybridized carbons (Fsp3) is 0.750. The first-order valence-corrected chi connectivity index (χ1v) is 54.7. The molecule has 3 aromatic carbocycles. The molecule has 2 aliphatic rings. The molecule has 2 saturated heterocycles. The van der Waals surface area contributed by atoms with Crippen molar-refractivity contribution in [2.45, 2.75) is 447 Å². The number of esters is 3. The number of phosphoric acid groups is 1. The highest BCUT2D eigenvalue weighted by atomic mass is 35.6. The number of nitrogens with one attached hydrogen (secondary N) is 2. The summed E-state index contributed by atoms with van der Waals surface area (Å²) in [5, 5.41) is 18.5. The van der Waals surface area contributed by atoms with Crippen LogP contribution in [0.1, 0.15) is 355 Å². The van der Waals surface area contributed by atoms with Crippen molar-refractivity contribution in [2.75, 3.05) is 26.4 Å². The van der Waals surface area contributed by atoms with Crippen LogP contribution in [0, 0.1) is 0 Å². The lowest BCUT2D eigenvalue weighted by molar-refractivity contribution is -0.305. The lowest BCUT2D eigenvalue weighted by Crippen LogP contribution is -2.68. The fourth-order valence-corrected chi connectivity index (χ4v) is 17.7. The molecule has 0 bridgehead atoms. The minimum absolute atomic E-state index is 0.0407. The number of hydrogen-bond acceptors (Lipinski definition) is 24. The Kier molecular flexibility index (Phi) is 63.1. The molecule has 2 fully saturated rings. The van der Waals surface area contributed by atoms with E-state index in [9.17, 15) is 29.1 Å². The molecule has 12 atom stereocenters. The Bertz CT molecular complexity index is 3720. The number of carbonyl (C=O) groups excluding carboxylic acids is 7. The van der Waals surface area contributed by atoms with Crippen molar-refractivity contribution >= 4 is 154 Å². The molecule has 5 rings (SSSR count). The molecule has 26 nitrogen and oxygen atoms in total. The van der Waals surface area contributed by atoms with Gasteiger partial charge in [0, 0.05) is 12.8 Å². The zero-order valence-electron chi connectivity index (χ0n) is 80.8. The van der Waals surface area contributed by atoms with Gasteiger partial charge < -0.3 is 81.6 Å². The molecule has 0 aromatic heterocycles. The molecule has 2 aliphatic heterocycles. The highest BCUT2D eigenvalue weighted by Crippen LogP contribution is 2.53. The van der Waals surface area contributed by atoms with E-state index in [1.165, 1.54) is 128 Å². The van der Waals surface area contributed by atoms with Gasteiger partial charge in [-0.25, -0.2) is 18.9 Å². The van der Waals surface area contributed by atoms with Gasteiger partial charge >= 0.3 is 44.1 Å². The molecule has 0 radical (unpaired) electrons. The summed E-state index contributed by atoms with van der Waals surface area (Å²) in [5.74, 6) is -3.12. The molecule has 3 N–H and O–H groups in total. The van der Waals surface area contributed by atoms with Crippen LogP contribution in [0.3, 0.4) is 0 Å². The number of alkyl halides is 9. The summed E-state index contributed by atoms with van der Waals surface area (Å²) in [5.41, 5.74) is -1.35. The van der Waals surface area contributed by atoms with Crippen LogP contribution in [0.2, 0.25) is 0 Å². The highest BCUT2D eigenvalue weighted by molar-refractivity contribution is 7.49. The third-order valence-electron chi connectivity index (χ3n) is 23.5. The number of halogens is 9. The van der Waals surface area contributed by atoms with Gasteiger partial charge in [0.2, 0.25) is 17.3 Å². The molecule has 0 unspecified atom stereocenters. The zero-order chi connectivity index (χ0) is 99.3. The fourth-order valence-electron chi connectivity index (χ4n) is 15.8. The SMILES string of the molecule is CCCCCCCCCCCCCCCC(=O)O[C@H](CCCCCCCCCCC)CC(=O)N[C@H]1[C@H](OCc2ccccc2)O[C@H](CO[C@@H]2O[C@H](COC(=O)OC(C)(C)C(Cl)(Cl)Cl)[C@@H](OP(=O)(Oc3ccccc3)Oc3ccccc3)[C@H](OC(=O)C[C@@H](CCCCCCCCCCC)OC(=O)CCCCCCCCCCCCC)[C@H]2NC(=O)OCC(Cl)(Cl)Cl)[C@@H](O)[C@@H]1OC(=O)OCC(Cl)(Cl)Cl. The molecule has 136 heavy (non-hydrogen) atoms. The van der Waals surface area contributed by atoms with E-state index in [1.807, 2.05) is 0 Å². The normalized spacial score (nSPS) is 19.2. The van der Waals surface area contributed by atoms with Gasteiger partial charge in [-0.05, 0) is 82.2 Å². The van der Waals surface area contributed by atoms with Crippen LogP contribution < -0.4 is 19.7 Å². The number of para-hydroxylation sites is 2. The summed E-state index contributed by atoms with van der Waals surface area (Å²) in [7, 11) is -5.34. The Morgan fingerprint density at radius 1 is 0.412 bits per heavy atom. The molecule has 776 valence electrons. The van der Waals surface area contributed by atoms with Crippen molar-refractivity contribution in [3.8, 4) is 11.5 Å². The van der Waals surface area contributed by atoms with Crippen molar-refractivity contribution < 1.29 is 114 Å². The molecular weight excluding hydrogens is 1960 g/mol. The van der Waals surface area contributed by atoms with Crippen molar-refractivity contribution in [2.24, 2.45) is 0 Å². The van der Waals surface area contributed by atoms with E-state index in [1.54, 1.807) is 66.7 Å². The first-order valence-electron chi connectivity index (χ1n) is 49.9. The third kappa shape index (κ3) is 54.9. The van der Waals surface area contributed by atoms with E-state index in [-0.39, 0.29) is 37.4 Å². The predicted octanol–water partition coefficient (Wildman–Crippen LogP) is 28.4. The summed E-state index contributed by atoms with van der Waals surface area (Å²) < 4.78 is 102. The second-order valence-electron chi connectivity index (χ2n) is 36.0. The van der Waals surface area contributed by atoms with Crippen molar-refractivity contribution in [3.63, 3.8) is 0 Å². The maximum absolute atomic E-state index is 16.1. The number of unbranched alkanes of at least 4 members (excludes halogenated alkanes) is 38. The minimum Gasteiger partial charge on any atom is -0.462 e. The first kappa shape index (κ1) is 122. The lowest BCUT2D eigenvalue weighted by Gasteiger charge is -2.47. The van der Waals surface area contributed by atoms with E-state index in [0.717, 1.165) is 148 Å². The van der Waals surface area contributed by atoms with Gasteiger partial charge in [-0.15, -0.1) is 0 Å². The third-order valence-corrected chi connectivity index (χ3v) is 26.9. The zero-order valence-corrected chi connectivity index (χ0v) is 88.4. The van der Waals surface area contributed by atoms with Gasteiger partial charge in [0.25, 0.3) is 0 Å². The number of aliphatic hydroxyl groups is 1. The average Bonchev–Trinajstić information content (AvgIpc) is 0.765. The van der Waals surface area contributed by atoms with Crippen LogP contribution in [0.15, 0.2) is 91.0 Å². The molecule has 2 amide bonds. The molecule has 2 heterocycles. The standard InChI is InChI=1S/C100H154Cl9N2O24P/c1-7-11-15-19-23-27-29-30-32-36-40-43-56-66-83(113)126-78(64-50-41-37-33-25-21-17-13-9-3)68-82(112)110-86-90(131-95(118)125-74-99(104,105)106)88(116)80(128-92(86)121-70-75-58-48-45-49-59-75)71-122-93-87(111-94(117)124-73-98(101,102)103)91(130-85(115)69-79(65-51-42-38-34-26-22-18-14-10-4)127-84(114)67-57-44-39-35-31-28-24-20-16-12-8-2)89(81(129-93)72-123-96(119)132-97(5,6)100(107,108)109)135-136(120,133-76-60-52-46-53-61-76)134-77-62-54-47-55-63-77/h45-49,52-55,58-63,78-81,86-93,116H,7-44,50-51,56-57,64-74H2,1-6H3,(H,110,112)(H,111,117)/t78-,79-,80-,81-,86-,87-,88-,89-,90-,91-,92-,93-/m1/s1. The van der Waals surface area contributed by atoms with Gasteiger partial charge in [0.15, 0.2) is 30.4 Å². The van der Waals surface area contributed by atoms with Crippen molar-refractivity contribution in [3.05, 3.63) is 96.6 Å². The van der Waals surface area contributed by atoms with Crippen LogP contribution in [0.5, 0.6) is 11.5 Å². The van der Waals surface area contributed by atoms with Crippen LogP contribution in [-0.2, 0) is 91.7 Å². The van der Waals surface area contributed by atoms with Gasteiger partial charge in [-0.3, -0.25) is 23.7 Å². The molecule has 0 aliphatic carbocycles. The highest BCUT2D eigenvalue weighted by Gasteiger charge is 2.57. The molecule has 3 aromatic rings. The Balaban J connectivity index is 1.66. The van der Waals surface area contributed by atoms with Crippen molar-refractivity contribution in [1.29, 1.82) is 0 Å². The average molecular weight is 2120 g/mol. The molecule has 0 saturated carbocycles. The summed E-state index contributed by atoms with van der Waals surface area (Å²) >= 11 is 55.9. The van der Waals surface area contributed by atoms with Crippen LogP contribution >= 0.6 is 112 Å². The second-order valence-corrected chi connectivity index (χ2v) is 44.8. The van der Waals surface area contributed by atoms with Gasteiger partial charge in [-0.1, -0.05) is 443 Å². The van der Waals surface area contributed by atoms with E-state index in [4.69, 9.17) is 175 Å². The van der Waals surface area contributed by atoms with Crippen molar-refractivity contribution in [1.82, 2.24) is 10.6 Å². The van der Waals surface area contributed by atoms with E-state index >= 15 is 14.2 Å². The first-order chi connectivity index (χ1) is 65.1. The lowest BCUT2D eigenvalue weighted by atomic mass is 9.95. The van der Waals surface area contributed by atoms with E-state index in [0.29, 0.717) is 44.1 Å². The minimum atomic E-state index is -5.34. The summed E-state index contributed by atoms with van der Waals surface area (Å²) in [6.07, 6.45) is 20.3. The van der Waals surface area contributed by atoms with Crippen LogP contribution in [0.4, 0.5) is 14.4 Å². The number of benzene rings is 3. The second kappa shape index (κ2) is 70.3. The quantitative estimate of drug-likeness (QED) is 0.0155. The topological polar surface area (TPSA) is 319 Å². The molecule has 36 heteroatoms. The number of alkyl carbamates (subject to hydrolysis) is 1. The Morgan fingerprint density at radius 2 is 0.794 bits per heavy atom. The number of aliphatic hydroxyl groups excluding tert-OH is 1. The largest absolute Gasteiger partial charge is 0.588 e. The number of hydrogen-bond donors (Lipinski definition) is 3. The number of amides is 2. The molecule has 0 spiro atoms. The Labute approximate surface area is 853 Å². The maximum Gasteiger partial charge on any atom is 0.588 e. The van der Waals surface area contributed by atoms with Crippen LogP contribution in [0.25, 0.3) is 0 Å². The maximum atomic E-state index is 16.1. The number of phosphoric ester groups is 1. The predicted molar refractivity (Wildman–Crippen MR) is 535 cm³/mol. The molecular formula is C100H154Cl9N2O24P. The summed E-state index contributed by atoms with van der Waals surface area (Å²) in [6.45, 7) is 7.18. The summed E-state index contributed by atoms with van der Waals surface area (Å²) in [4.78, 5) is 102.